The van der Waals surface area contributed by atoms with E-state index in [1.807, 2.05) is 0 Å². The van der Waals surface area contributed by atoms with Crippen LogP contribution < -0.4 is 0 Å². The van der Waals surface area contributed by atoms with Crippen molar-refractivity contribution < 1.29 is 22.3 Å². The molecule has 140 valence electrons. The number of benzene rings is 1. The summed E-state index contributed by atoms with van der Waals surface area (Å²) < 4.78 is 43.8. The van der Waals surface area contributed by atoms with Gasteiger partial charge in [0.25, 0.3) is 0 Å². The monoisotopic (exact) mass is 400 g/mol. The molecule has 9 heteroatoms. The Labute approximate surface area is 156 Å². The number of carbonyl (C=O) groups excluding carboxylic acids is 1. The molecule has 0 spiro atoms. The molecule has 1 aromatic carbocycles. The summed E-state index contributed by atoms with van der Waals surface area (Å²) in [6, 6.07) is 7.88. The summed E-state index contributed by atoms with van der Waals surface area (Å²) >= 11 is 5.67. The maximum atomic E-state index is 12.9. The average Bonchev–Trinajstić information content (AvgIpc) is 2.61. The maximum Gasteiger partial charge on any atom is 0.306 e. The van der Waals surface area contributed by atoms with E-state index >= 15 is 0 Å². The minimum atomic E-state index is -3.72. The summed E-state index contributed by atoms with van der Waals surface area (Å²) in [5.74, 6) is -0.947. The number of pyridine rings is 1. The predicted molar refractivity (Wildman–Crippen MR) is 94.5 cm³/mol. The largest absolute Gasteiger partial charge is 0.461 e. The highest BCUT2D eigenvalue weighted by Gasteiger charge is 2.20. The van der Waals surface area contributed by atoms with Gasteiger partial charge in [0.05, 0.1) is 4.90 Å². The standard InChI is InChI=1S/C17H18ClFN2O4S/c1-21(26(23,24)15-7-5-14(19)6-8-15)10-2-3-17(22)25-12-13-4-9-16(18)20-11-13/h4-9,11H,2-3,10,12H2,1H3. The predicted octanol–water partition coefficient (Wildman–Crippen LogP) is 3.02. The highest BCUT2D eigenvalue weighted by atomic mass is 35.5. The molecule has 2 aromatic rings. The fourth-order valence-electron chi connectivity index (χ4n) is 2.08. The first kappa shape index (κ1) is 20.3. The Bertz CT molecular complexity index is 842. The number of hydrogen-bond acceptors (Lipinski definition) is 5. The fraction of sp³-hybridized carbons (Fsp3) is 0.294. The van der Waals surface area contributed by atoms with Gasteiger partial charge in [-0.2, -0.15) is 0 Å². The van der Waals surface area contributed by atoms with Crippen molar-refractivity contribution in [1.82, 2.24) is 9.29 Å². The third-order valence-corrected chi connectivity index (χ3v) is 5.66. The number of esters is 1. The van der Waals surface area contributed by atoms with Crippen LogP contribution in [0.4, 0.5) is 4.39 Å². The number of sulfonamides is 1. The van der Waals surface area contributed by atoms with Gasteiger partial charge >= 0.3 is 5.97 Å². The molecular weight excluding hydrogens is 383 g/mol. The summed E-state index contributed by atoms with van der Waals surface area (Å²) in [5.41, 5.74) is 0.707. The number of nitrogens with zero attached hydrogens (tertiary/aromatic N) is 2. The molecule has 0 amide bonds. The van der Waals surface area contributed by atoms with Crippen LogP contribution >= 0.6 is 11.6 Å². The molecular formula is C17H18ClFN2O4S. The van der Waals surface area contributed by atoms with Crippen LogP contribution in [0.3, 0.4) is 0 Å². The number of hydrogen-bond donors (Lipinski definition) is 0. The van der Waals surface area contributed by atoms with Crippen molar-refractivity contribution in [2.45, 2.75) is 24.3 Å². The van der Waals surface area contributed by atoms with Crippen LogP contribution in [0.1, 0.15) is 18.4 Å². The molecule has 0 aliphatic carbocycles. The van der Waals surface area contributed by atoms with Crippen LogP contribution in [0.25, 0.3) is 0 Å². The molecule has 0 aliphatic heterocycles. The Morgan fingerprint density at radius 2 is 1.92 bits per heavy atom. The molecule has 1 aromatic heterocycles. The smallest absolute Gasteiger partial charge is 0.306 e. The number of halogens is 2. The Morgan fingerprint density at radius 3 is 2.54 bits per heavy atom. The minimum absolute atomic E-state index is 0.000727. The third kappa shape index (κ3) is 5.76. The van der Waals surface area contributed by atoms with Gasteiger partial charge in [0.1, 0.15) is 17.6 Å². The summed E-state index contributed by atoms with van der Waals surface area (Å²) in [6.07, 6.45) is 1.89. The second-order valence-corrected chi connectivity index (χ2v) is 7.97. The van der Waals surface area contributed by atoms with Gasteiger partial charge in [-0.05, 0) is 36.8 Å². The van der Waals surface area contributed by atoms with E-state index < -0.39 is 21.8 Å². The molecule has 0 unspecified atom stereocenters. The van der Waals surface area contributed by atoms with Gasteiger partial charge in [-0.25, -0.2) is 22.1 Å². The van der Waals surface area contributed by atoms with E-state index in [-0.39, 0.29) is 24.5 Å². The van der Waals surface area contributed by atoms with Crippen LogP contribution in [0, 0.1) is 5.82 Å². The van der Waals surface area contributed by atoms with Crippen molar-refractivity contribution in [2.75, 3.05) is 13.6 Å². The van der Waals surface area contributed by atoms with Crippen molar-refractivity contribution in [3.05, 3.63) is 59.1 Å². The van der Waals surface area contributed by atoms with Crippen molar-refractivity contribution in [3.63, 3.8) is 0 Å². The Balaban J connectivity index is 1.78. The third-order valence-electron chi connectivity index (χ3n) is 3.56. The summed E-state index contributed by atoms with van der Waals surface area (Å²) in [7, 11) is -2.31. The number of ether oxygens (including phenoxy) is 1. The van der Waals surface area contributed by atoms with Gasteiger partial charge in [-0.1, -0.05) is 17.7 Å². The molecule has 0 radical (unpaired) electrons. The molecule has 0 atom stereocenters. The number of carbonyl (C=O) groups is 1. The van der Waals surface area contributed by atoms with Gasteiger partial charge in [0, 0.05) is 31.8 Å². The molecule has 0 saturated heterocycles. The summed E-state index contributed by atoms with van der Waals surface area (Å²) in [4.78, 5) is 15.6. The number of aromatic nitrogens is 1. The van der Waals surface area contributed by atoms with Gasteiger partial charge in [0.15, 0.2) is 0 Å². The molecule has 0 fully saturated rings. The van der Waals surface area contributed by atoms with Crippen molar-refractivity contribution in [2.24, 2.45) is 0 Å². The zero-order chi connectivity index (χ0) is 19.2. The van der Waals surface area contributed by atoms with Gasteiger partial charge in [-0.3, -0.25) is 4.79 Å². The maximum absolute atomic E-state index is 12.9. The lowest BCUT2D eigenvalue weighted by molar-refractivity contribution is -0.145. The van der Waals surface area contributed by atoms with E-state index in [1.165, 1.54) is 25.4 Å². The zero-order valence-electron chi connectivity index (χ0n) is 14.1. The Morgan fingerprint density at radius 1 is 1.23 bits per heavy atom. The SMILES string of the molecule is CN(CCCC(=O)OCc1ccc(Cl)nc1)S(=O)(=O)c1ccc(F)cc1. The second-order valence-electron chi connectivity index (χ2n) is 5.53. The highest BCUT2D eigenvalue weighted by Crippen LogP contribution is 2.15. The zero-order valence-corrected chi connectivity index (χ0v) is 15.6. The van der Waals surface area contributed by atoms with E-state index in [2.05, 4.69) is 4.98 Å². The molecule has 1 heterocycles. The molecule has 0 bridgehead atoms. The van der Waals surface area contributed by atoms with Gasteiger partial charge < -0.3 is 4.74 Å². The molecule has 26 heavy (non-hydrogen) atoms. The molecule has 6 nitrogen and oxygen atoms in total. The van der Waals surface area contributed by atoms with Crippen LogP contribution in [-0.4, -0.2) is 37.3 Å². The van der Waals surface area contributed by atoms with E-state index in [0.717, 1.165) is 16.4 Å². The first-order valence-corrected chi connectivity index (χ1v) is 9.59. The van der Waals surface area contributed by atoms with Gasteiger partial charge in [-0.15, -0.1) is 0 Å². The lowest BCUT2D eigenvalue weighted by Gasteiger charge is -2.17. The molecule has 0 aliphatic rings. The lowest BCUT2D eigenvalue weighted by Crippen LogP contribution is -2.28. The summed E-state index contributed by atoms with van der Waals surface area (Å²) in [6.45, 7) is 0.212. The van der Waals surface area contributed by atoms with E-state index in [9.17, 15) is 17.6 Å². The first-order chi connectivity index (χ1) is 12.3. The normalized spacial score (nSPS) is 11.5. The van der Waals surface area contributed by atoms with Crippen LogP contribution in [-0.2, 0) is 26.2 Å². The highest BCUT2D eigenvalue weighted by molar-refractivity contribution is 7.89. The van der Waals surface area contributed by atoms with Crippen molar-refractivity contribution >= 4 is 27.6 Å². The van der Waals surface area contributed by atoms with E-state index in [4.69, 9.17) is 16.3 Å². The first-order valence-electron chi connectivity index (χ1n) is 7.77. The average molecular weight is 401 g/mol. The van der Waals surface area contributed by atoms with Crippen molar-refractivity contribution in [1.29, 1.82) is 0 Å². The summed E-state index contributed by atoms with van der Waals surface area (Å²) in [5, 5.41) is 0.352. The van der Waals surface area contributed by atoms with Crippen LogP contribution in [0.2, 0.25) is 5.15 Å². The fourth-order valence-corrected chi connectivity index (χ4v) is 3.40. The van der Waals surface area contributed by atoms with Crippen LogP contribution in [0.5, 0.6) is 0 Å². The molecule has 0 saturated carbocycles. The Kier molecular flexibility index (Phi) is 7.07. The lowest BCUT2D eigenvalue weighted by atomic mass is 10.3. The minimum Gasteiger partial charge on any atom is -0.461 e. The quantitative estimate of drug-likeness (QED) is 0.503. The van der Waals surface area contributed by atoms with Crippen molar-refractivity contribution in [3.8, 4) is 0 Å². The second kappa shape index (κ2) is 9.07. The topological polar surface area (TPSA) is 76.6 Å². The molecule has 0 N–H and O–H groups in total. The van der Waals surface area contributed by atoms with Gasteiger partial charge in [0.2, 0.25) is 10.0 Å². The molecule has 2 rings (SSSR count). The Hall–Kier alpha value is -2.03. The van der Waals surface area contributed by atoms with E-state index in [0.29, 0.717) is 17.1 Å². The van der Waals surface area contributed by atoms with Crippen LogP contribution in [0.15, 0.2) is 47.5 Å². The number of rotatable bonds is 8. The van der Waals surface area contributed by atoms with E-state index in [1.54, 1.807) is 12.1 Å².